The van der Waals surface area contributed by atoms with Gasteiger partial charge in [-0.15, -0.1) is 0 Å². The summed E-state index contributed by atoms with van der Waals surface area (Å²) in [7, 11) is 0. The molecule has 1 aromatic heterocycles. The number of rotatable bonds is 2. The Morgan fingerprint density at radius 1 is 1.42 bits per heavy atom. The average molecular weight is 277 g/mol. The zero-order valence-electron chi connectivity index (χ0n) is 7.16. The molecule has 0 aliphatic carbocycles. The van der Waals surface area contributed by atoms with E-state index in [4.69, 9.17) is 0 Å². The SMILES string of the molecule is CC(C)[C@@H](O)c1cncc(I)c1. The van der Waals surface area contributed by atoms with E-state index in [0.29, 0.717) is 0 Å². The van der Waals surface area contributed by atoms with Crippen molar-refractivity contribution in [3.05, 3.63) is 27.6 Å². The maximum atomic E-state index is 9.68. The summed E-state index contributed by atoms with van der Waals surface area (Å²) in [6, 6.07) is 1.96. The third-order valence-corrected chi connectivity index (χ3v) is 2.29. The van der Waals surface area contributed by atoms with E-state index < -0.39 is 6.10 Å². The molecule has 0 aliphatic rings. The van der Waals surface area contributed by atoms with E-state index in [9.17, 15) is 5.11 Å². The lowest BCUT2D eigenvalue weighted by atomic mass is 10.0. The van der Waals surface area contributed by atoms with Gasteiger partial charge in [0, 0.05) is 21.5 Å². The first kappa shape index (κ1) is 9.92. The summed E-state index contributed by atoms with van der Waals surface area (Å²) in [6.45, 7) is 3.98. The quantitative estimate of drug-likeness (QED) is 0.842. The second-order valence-corrected chi connectivity index (χ2v) is 4.37. The van der Waals surface area contributed by atoms with E-state index in [1.807, 2.05) is 19.9 Å². The van der Waals surface area contributed by atoms with Crippen LogP contribution in [0, 0.1) is 9.49 Å². The number of aliphatic hydroxyl groups excluding tert-OH is 1. The summed E-state index contributed by atoms with van der Waals surface area (Å²) in [6.07, 6.45) is 3.09. The van der Waals surface area contributed by atoms with Gasteiger partial charge in [-0.2, -0.15) is 0 Å². The number of aromatic nitrogens is 1. The minimum Gasteiger partial charge on any atom is -0.388 e. The van der Waals surface area contributed by atoms with Gasteiger partial charge in [0.1, 0.15) is 0 Å². The van der Waals surface area contributed by atoms with Crippen LogP contribution in [-0.4, -0.2) is 10.1 Å². The number of hydrogen-bond donors (Lipinski definition) is 1. The van der Waals surface area contributed by atoms with Crippen molar-refractivity contribution in [3.8, 4) is 0 Å². The fourth-order valence-electron chi connectivity index (χ4n) is 0.975. The molecule has 1 atom stereocenters. The van der Waals surface area contributed by atoms with Gasteiger partial charge < -0.3 is 5.11 Å². The van der Waals surface area contributed by atoms with Crippen LogP contribution >= 0.6 is 22.6 Å². The molecule has 2 nitrogen and oxygen atoms in total. The molecule has 0 radical (unpaired) electrons. The molecule has 0 fully saturated rings. The molecule has 0 aliphatic heterocycles. The monoisotopic (exact) mass is 277 g/mol. The minimum atomic E-state index is -0.396. The van der Waals surface area contributed by atoms with Gasteiger partial charge in [0.15, 0.2) is 0 Å². The van der Waals surface area contributed by atoms with Gasteiger partial charge in [-0.25, -0.2) is 0 Å². The fraction of sp³-hybridized carbons (Fsp3) is 0.444. The third-order valence-electron chi connectivity index (χ3n) is 1.70. The Morgan fingerprint density at radius 2 is 2.08 bits per heavy atom. The molecule has 1 rings (SSSR count). The van der Waals surface area contributed by atoms with Crippen LogP contribution in [0.15, 0.2) is 18.5 Å². The minimum absolute atomic E-state index is 0.241. The summed E-state index contributed by atoms with van der Waals surface area (Å²) in [5.41, 5.74) is 0.900. The summed E-state index contributed by atoms with van der Waals surface area (Å²) in [4.78, 5) is 4.02. The van der Waals surface area contributed by atoms with Crippen LogP contribution in [-0.2, 0) is 0 Å². The van der Waals surface area contributed by atoms with E-state index in [0.717, 1.165) is 9.13 Å². The van der Waals surface area contributed by atoms with E-state index in [1.54, 1.807) is 12.4 Å². The predicted molar refractivity (Wildman–Crippen MR) is 56.8 cm³/mol. The molecule has 12 heavy (non-hydrogen) atoms. The Labute approximate surface area is 86.2 Å². The zero-order valence-corrected chi connectivity index (χ0v) is 9.32. The molecule has 0 amide bonds. The third kappa shape index (κ3) is 2.42. The second-order valence-electron chi connectivity index (χ2n) is 3.13. The van der Waals surface area contributed by atoms with Crippen molar-refractivity contribution in [3.63, 3.8) is 0 Å². The fourth-order valence-corrected chi connectivity index (χ4v) is 1.50. The highest BCUT2D eigenvalue weighted by molar-refractivity contribution is 14.1. The van der Waals surface area contributed by atoms with Gasteiger partial charge in [-0.05, 0) is 34.6 Å². The molecule has 1 aromatic rings. The van der Waals surface area contributed by atoms with Crippen LogP contribution in [0.1, 0.15) is 25.5 Å². The zero-order chi connectivity index (χ0) is 9.14. The van der Waals surface area contributed by atoms with Gasteiger partial charge in [0.2, 0.25) is 0 Å². The molecule has 1 N–H and O–H groups in total. The lowest BCUT2D eigenvalue weighted by molar-refractivity contribution is 0.126. The maximum absolute atomic E-state index is 9.68. The lowest BCUT2D eigenvalue weighted by Gasteiger charge is -2.13. The molecule has 0 aromatic carbocycles. The molecular formula is C9H12INO. The molecule has 0 saturated carbocycles. The Morgan fingerprint density at radius 3 is 2.58 bits per heavy atom. The summed E-state index contributed by atoms with van der Waals surface area (Å²) in [5, 5.41) is 9.68. The van der Waals surface area contributed by atoms with Crippen LogP contribution in [0.3, 0.4) is 0 Å². The van der Waals surface area contributed by atoms with Gasteiger partial charge in [-0.3, -0.25) is 4.98 Å². The van der Waals surface area contributed by atoms with Gasteiger partial charge >= 0.3 is 0 Å². The Bertz CT molecular complexity index is 262. The molecule has 0 spiro atoms. The van der Waals surface area contributed by atoms with Gasteiger partial charge in [-0.1, -0.05) is 13.8 Å². The summed E-state index contributed by atoms with van der Waals surface area (Å²) >= 11 is 2.19. The number of nitrogens with zero attached hydrogens (tertiary/aromatic N) is 1. The first-order valence-corrected chi connectivity index (χ1v) is 4.97. The number of halogens is 1. The molecule has 1 heterocycles. The van der Waals surface area contributed by atoms with E-state index in [-0.39, 0.29) is 5.92 Å². The van der Waals surface area contributed by atoms with Crippen molar-refractivity contribution in [1.82, 2.24) is 4.98 Å². The Kier molecular flexibility index (Phi) is 3.46. The molecule has 0 unspecified atom stereocenters. The molecule has 0 bridgehead atoms. The first-order valence-electron chi connectivity index (χ1n) is 3.89. The molecule has 3 heteroatoms. The topological polar surface area (TPSA) is 33.1 Å². The van der Waals surface area contributed by atoms with Crippen LogP contribution in [0.2, 0.25) is 0 Å². The smallest absolute Gasteiger partial charge is 0.0828 e. The van der Waals surface area contributed by atoms with E-state index in [2.05, 4.69) is 27.6 Å². The number of hydrogen-bond acceptors (Lipinski definition) is 2. The molecule has 0 saturated heterocycles. The second kappa shape index (κ2) is 4.18. The Hall–Kier alpha value is -0.160. The molecule has 66 valence electrons. The standard InChI is InChI=1S/C9H12INO/c1-6(2)9(12)7-3-8(10)5-11-4-7/h3-6,9,12H,1-2H3/t9-/m1/s1. The van der Waals surface area contributed by atoms with E-state index in [1.165, 1.54) is 0 Å². The highest BCUT2D eigenvalue weighted by Crippen LogP contribution is 2.21. The average Bonchev–Trinajstić information content (AvgIpc) is 2.03. The number of aliphatic hydroxyl groups is 1. The van der Waals surface area contributed by atoms with Crippen molar-refractivity contribution in [2.24, 2.45) is 5.92 Å². The van der Waals surface area contributed by atoms with Crippen LogP contribution in [0.5, 0.6) is 0 Å². The lowest BCUT2D eigenvalue weighted by Crippen LogP contribution is -2.05. The summed E-state index contributed by atoms with van der Waals surface area (Å²) in [5.74, 6) is 0.241. The maximum Gasteiger partial charge on any atom is 0.0828 e. The summed E-state index contributed by atoms with van der Waals surface area (Å²) < 4.78 is 1.06. The highest BCUT2D eigenvalue weighted by atomic mass is 127. The van der Waals surface area contributed by atoms with Crippen molar-refractivity contribution in [1.29, 1.82) is 0 Å². The van der Waals surface area contributed by atoms with Gasteiger partial charge in [0.05, 0.1) is 6.10 Å². The van der Waals surface area contributed by atoms with Crippen LogP contribution in [0.4, 0.5) is 0 Å². The largest absolute Gasteiger partial charge is 0.388 e. The molecular weight excluding hydrogens is 265 g/mol. The highest BCUT2D eigenvalue weighted by Gasteiger charge is 2.11. The van der Waals surface area contributed by atoms with Crippen molar-refractivity contribution in [2.75, 3.05) is 0 Å². The number of pyridine rings is 1. The van der Waals surface area contributed by atoms with Crippen molar-refractivity contribution >= 4 is 22.6 Å². The first-order chi connectivity index (χ1) is 5.61. The van der Waals surface area contributed by atoms with E-state index >= 15 is 0 Å². The van der Waals surface area contributed by atoms with Crippen molar-refractivity contribution in [2.45, 2.75) is 20.0 Å². The van der Waals surface area contributed by atoms with Crippen molar-refractivity contribution < 1.29 is 5.11 Å². The normalized spacial score (nSPS) is 13.4. The van der Waals surface area contributed by atoms with Crippen LogP contribution in [0.25, 0.3) is 0 Å². The van der Waals surface area contributed by atoms with Crippen LogP contribution < -0.4 is 0 Å². The van der Waals surface area contributed by atoms with Gasteiger partial charge in [0.25, 0.3) is 0 Å². The predicted octanol–water partition coefficient (Wildman–Crippen LogP) is 2.38. The Balaban J connectivity index is 2.88.